The minimum absolute atomic E-state index is 0. The lowest BCUT2D eigenvalue weighted by Gasteiger charge is -2.17. The number of nitrogens with zero attached hydrogens (tertiary/aromatic N) is 1. The van der Waals surface area contributed by atoms with Crippen molar-refractivity contribution in [2.45, 2.75) is 25.4 Å². The molecule has 0 radical (unpaired) electrons. The van der Waals surface area contributed by atoms with Crippen molar-refractivity contribution in [2.75, 3.05) is 7.05 Å². The number of hydrogen-bond donors (Lipinski definition) is 2. The lowest BCUT2D eigenvalue weighted by Crippen LogP contribution is -2.42. The topological polar surface area (TPSA) is 36.4 Å². The zero-order chi connectivity index (χ0) is 12.8. The van der Waals surface area contributed by atoms with E-state index in [0.29, 0.717) is 6.04 Å². The predicted octanol–water partition coefficient (Wildman–Crippen LogP) is 3.45. The van der Waals surface area contributed by atoms with Crippen molar-refractivity contribution in [3.8, 4) is 0 Å². The SMILES string of the molecule is CN=C(NCc1cccc(Br)c1)NC1CC=CC1.I. The Bertz CT molecular complexity index is 452. The highest BCUT2D eigenvalue weighted by molar-refractivity contribution is 14.0. The Kier molecular flexibility index (Phi) is 7.45. The molecule has 0 heterocycles. The van der Waals surface area contributed by atoms with Gasteiger partial charge in [-0.05, 0) is 30.5 Å². The summed E-state index contributed by atoms with van der Waals surface area (Å²) in [5.41, 5.74) is 1.23. The zero-order valence-corrected chi connectivity index (χ0v) is 14.8. The van der Waals surface area contributed by atoms with Crippen molar-refractivity contribution in [1.29, 1.82) is 0 Å². The van der Waals surface area contributed by atoms with E-state index in [1.165, 1.54) is 5.56 Å². The summed E-state index contributed by atoms with van der Waals surface area (Å²) in [5, 5.41) is 6.75. The molecule has 0 fully saturated rings. The maximum absolute atomic E-state index is 4.24. The molecule has 19 heavy (non-hydrogen) atoms. The smallest absolute Gasteiger partial charge is 0.191 e. The molecule has 2 rings (SSSR count). The van der Waals surface area contributed by atoms with E-state index in [1.54, 1.807) is 7.05 Å². The molecule has 0 unspecified atom stereocenters. The summed E-state index contributed by atoms with van der Waals surface area (Å²) in [6.45, 7) is 0.777. The van der Waals surface area contributed by atoms with Crippen LogP contribution in [0, 0.1) is 0 Å². The van der Waals surface area contributed by atoms with Crippen molar-refractivity contribution in [1.82, 2.24) is 10.6 Å². The third kappa shape index (κ3) is 5.52. The third-order valence-electron chi connectivity index (χ3n) is 2.92. The molecule has 1 aromatic carbocycles. The van der Waals surface area contributed by atoms with E-state index in [4.69, 9.17) is 0 Å². The molecular formula is C14H19BrIN3. The first-order chi connectivity index (χ1) is 8.78. The van der Waals surface area contributed by atoms with Gasteiger partial charge < -0.3 is 10.6 Å². The van der Waals surface area contributed by atoms with Crippen LogP contribution in [-0.4, -0.2) is 19.0 Å². The average molecular weight is 436 g/mol. The molecule has 0 aromatic heterocycles. The molecule has 0 atom stereocenters. The second-order valence-corrected chi connectivity index (χ2v) is 5.26. The van der Waals surface area contributed by atoms with Gasteiger partial charge in [-0.3, -0.25) is 4.99 Å². The fourth-order valence-electron chi connectivity index (χ4n) is 1.96. The van der Waals surface area contributed by atoms with E-state index >= 15 is 0 Å². The molecule has 2 N–H and O–H groups in total. The molecule has 0 aliphatic heterocycles. The van der Waals surface area contributed by atoms with Gasteiger partial charge in [0.15, 0.2) is 5.96 Å². The van der Waals surface area contributed by atoms with E-state index in [9.17, 15) is 0 Å². The number of rotatable bonds is 3. The number of hydrogen-bond acceptors (Lipinski definition) is 1. The van der Waals surface area contributed by atoms with Crippen LogP contribution < -0.4 is 10.6 Å². The third-order valence-corrected chi connectivity index (χ3v) is 3.41. The van der Waals surface area contributed by atoms with E-state index in [-0.39, 0.29) is 24.0 Å². The van der Waals surface area contributed by atoms with Gasteiger partial charge in [0.05, 0.1) is 0 Å². The monoisotopic (exact) mass is 435 g/mol. The maximum atomic E-state index is 4.24. The molecule has 104 valence electrons. The Morgan fingerprint density at radius 1 is 1.37 bits per heavy atom. The summed E-state index contributed by atoms with van der Waals surface area (Å²) in [5.74, 6) is 0.865. The van der Waals surface area contributed by atoms with Crippen molar-refractivity contribution in [2.24, 2.45) is 4.99 Å². The number of benzene rings is 1. The van der Waals surface area contributed by atoms with Gasteiger partial charge in [0, 0.05) is 24.1 Å². The molecule has 5 heteroatoms. The molecule has 0 saturated heterocycles. The zero-order valence-electron chi connectivity index (χ0n) is 10.9. The number of aliphatic imine (C=N–C) groups is 1. The first-order valence-electron chi connectivity index (χ1n) is 6.14. The van der Waals surface area contributed by atoms with Crippen LogP contribution in [0.25, 0.3) is 0 Å². The lowest BCUT2D eigenvalue weighted by molar-refractivity contribution is 0.633. The fraction of sp³-hybridized carbons (Fsp3) is 0.357. The fourth-order valence-corrected chi connectivity index (χ4v) is 2.40. The molecule has 3 nitrogen and oxygen atoms in total. The Morgan fingerprint density at radius 3 is 2.74 bits per heavy atom. The van der Waals surface area contributed by atoms with Crippen LogP contribution in [-0.2, 0) is 6.54 Å². The van der Waals surface area contributed by atoms with Crippen LogP contribution in [0.3, 0.4) is 0 Å². The second kappa shape index (κ2) is 8.58. The number of guanidine groups is 1. The molecule has 0 saturated carbocycles. The first-order valence-corrected chi connectivity index (χ1v) is 6.94. The van der Waals surface area contributed by atoms with E-state index in [2.05, 4.69) is 55.8 Å². The summed E-state index contributed by atoms with van der Waals surface area (Å²) in [6, 6.07) is 8.76. The Balaban J connectivity index is 0.00000180. The highest BCUT2D eigenvalue weighted by Crippen LogP contribution is 2.11. The highest BCUT2D eigenvalue weighted by Gasteiger charge is 2.11. The first kappa shape index (κ1) is 16.5. The van der Waals surface area contributed by atoms with Gasteiger partial charge in [-0.1, -0.05) is 40.2 Å². The summed E-state index contributed by atoms with van der Waals surface area (Å²) in [6.07, 6.45) is 6.58. The molecular weight excluding hydrogens is 417 g/mol. The summed E-state index contributed by atoms with van der Waals surface area (Å²) >= 11 is 3.48. The van der Waals surface area contributed by atoms with E-state index < -0.39 is 0 Å². The minimum atomic E-state index is 0. The van der Waals surface area contributed by atoms with Crippen LogP contribution in [0.15, 0.2) is 45.9 Å². The quantitative estimate of drug-likeness (QED) is 0.330. The van der Waals surface area contributed by atoms with Gasteiger partial charge in [0.25, 0.3) is 0 Å². The van der Waals surface area contributed by atoms with Crippen LogP contribution in [0.5, 0.6) is 0 Å². The molecule has 1 aromatic rings. The summed E-state index contributed by atoms with van der Waals surface area (Å²) in [4.78, 5) is 4.24. The average Bonchev–Trinajstić information content (AvgIpc) is 2.87. The molecule has 0 amide bonds. The molecule has 0 spiro atoms. The molecule has 1 aliphatic rings. The van der Waals surface area contributed by atoms with E-state index in [1.807, 2.05) is 12.1 Å². The van der Waals surface area contributed by atoms with Crippen molar-refractivity contribution in [3.05, 3.63) is 46.5 Å². The van der Waals surface area contributed by atoms with Crippen molar-refractivity contribution >= 4 is 45.9 Å². The van der Waals surface area contributed by atoms with E-state index in [0.717, 1.165) is 29.8 Å². The van der Waals surface area contributed by atoms with Crippen LogP contribution in [0.1, 0.15) is 18.4 Å². The van der Waals surface area contributed by atoms with Gasteiger partial charge in [0.2, 0.25) is 0 Å². The van der Waals surface area contributed by atoms with Gasteiger partial charge >= 0.3 is 0 Å². The summed E-state index contributed by atoms with van der Waals surface area (Å²) in [7, 11) is 1.80. The molecule has 1 aliphatic carbocycles. The normalized spacial score (nSPS) is 15.2. The van der Waals surface area contributed by atoms with Crippen LogP contribution in [0.4, 0.5) is 0 Å². The Morgan fingerprint density at radius 2 is 2.11 bits per heavy atom. The van der Waals surface area contributed by atoms with Gasteiger partial charge in [-0.25, -0.2) is 0 Å². The summed E-state index contributed by atoms with van der Waals surface area (Å²) < 4.78 is 1.10. The van der Waals surface area contributed by atoms with Crippen LogP contribution in [0.2, 0.25) is 0 Å². The number of nitrogens with one attached hydrogen (secondary N) is 2. The van der Waals surface area contributed by atoms with Gasteiger partial charge in [-0.15, -0.1) is 24.0 Å². The van der Waals surface area contributed by atoms with Gasteiger partial charge in [-0.2, -0.15) is 0 Å². The van der Waals surface area contributed by atoms with Crippen LogP contribution >= 0.6 is 39.9 Å². The Hall–Kier alpha value is -0.560. The highest BCUT2D eigenvalue weighted by atomic mass is 127. The maximum Gasteiger partial charge on any atom is 0.191 e. The second-order valence-electron chi connectivity index (χ2n) is 4.34. The molecule has 0 bridgehead atoms. The lowest BCUT2D eigenvalue weighted by atomic mass is 10.2. The standard InChI is InChI=1S/C14H18BrN3.HI/c1-16-14(18-13-7-2-3-8-13)17-10-11-5-4-6-12(15)9-11;/h2-6,9,13H,7-8,10H2,1H3,(H2,16,17,18);1H. The largest absolute Gasteiger partial charge is 0.353 e. The van der Waals surface area contributed by atoms with Crippen molar-refractivity contribution in [3.63, 3.8) is 0 Å². The predicted molar refractivity (Wildman–Crippen MR) is 95.1 cm³/mol. The van der Waals surface area contributed by atoms with Gasteiger partial charge in [0.1, 0.15) is 0 Å². The minimum Gasteiger partial charge on any atom is -0.353 e. The van der Waals surface area contributed by atoms with Crippen molar-refractivity contribution < 1.29 is 0 Å². The Labute approximate surface area is 140 Å². The number of halogens is 2.